The van der Waals surface area contributed by atoms with E-state index in [0.717, 1.165) is 0 Å². The number of rotatable bonds is 2. The molecule has 0 aliphatic rings. The van der Waals surface area contributed by atoms with E-state index in [1.54, 1.807) is 0 Å². The number of carbonyl (C=O) groups excluding carboxylic acids is 2. The first kappa shape index (κ1) is 11.3. The van der Waals surface area contributed by atoms with E-state index in [1.807, 2.05) is 6.07 Å². The summed E-state index contributed by atoms with van der Waals surface area (Å²) in [6.07, 6.45) is 0.493. The number of carbonyl (C=O) groups is 2. The van der Waals surface area contributed by atoms with Crippen LogP contribution in [0.15, 0.2) is 17.0 Å². The number of esters is 1. The van der Waals surface area contributed by atoms with Crippen LogP contribution < -0.4 is 0 Å². The molecule has 15 heavy (non-hydrogen) atoms. The summed E-state index contributed by atoms with van der Waals surface area (Å²) in [4.78, 5) is 22.5. The average molecular weight is 221 g/mol. The smallest absolute Gasteiger partial charge is 0.339 e. The molecule has 0 fully saturated rings. The van der Waals surface area contributed by atoms with Crippen molar-refractivity contribution in [3.8, 4) is 6.07 Å². The number of hydrogen-bond acceptors (Lipinski definition) is 5. The maximum Gasteiger partial charge on any atom is 0.339 e. The van der Waals surface area contributed by atoms with Gasteiger partial charge in [0.25, 0.3) is 0 Å². The second kappa shape index (κ2) is 4.62. The molecule has 1 rings (SSSR count). The highest BCUT2D eigenvalue weighted by atomic mass is 32.1. The maximum absolute atomic E-state index is 11.3. The van der Waals surface area contributed by atoms with E-state index in [1.165, 1.54) is 19.2 Å². The van der Waals surface area contributed by atoms with Crippen LogP contribution in [-0.4, -0.2) is 19.4 Å². The molecule has 0 heterocycles. The molecule has 0 N–H and O–H groups in total. The predicted octanol–water partition coefficient (Wildman–Crippen LogP) is 1.45. The van der Waals surface area contributed by atoms with Crippen LogP contribution in [0.5, 0.6) is 0 Å². The summed E-state index contributed by atoms with van der Waals surface area (Å²) in [5.41, 5.74) is 0.162. The lowest BCUT2D eigenvalue weighted by Gasteiger charge is -2.05. The van der Waals surface area contributed by atoms with Gasteiger partial charge in [-0.2, -0.15) is 5.26 Å². The molecule has 0 aromatic heterocycles. The van der Waals surface area contributed by atoms with Gasteiger partial charge in [0, 0.05) is 10.5 Å². The summed E-state index contributed by atoms with van der Waals surface area (Å²) in [6.45, 7) is 0. The first-order valence-electron chi connectivity index (χ1n) is 3.94. The Bertz CT molecular complexity index is 462. The van der Waals surface area contributed by atoms with Gasteiger partial charge in [-0.05, 0) is 12.1 Å². The van der Waals surface area contributed by atoms with E-state index in [-0.39, 0.29) is 16.7 Å². The van der Waals surface area contributed by atoms with E-state index in [4.69, 9.17) is 5.26 Å². The van der Waals surface area contributed by atoms with Crippen LogP contribution in [0.2, 0.25) is 0 Å². The summed E-state index contributed by atoms with van der Waals surface area (Å²) in [7, 11) is 1.19. The molecule has 0 saturated carbocycles. The number of methoxy groups -OCH3 is 1. The second-order valence-corrected chi connectivity index (χ2v) is 3.20. The fourth-order valence-electron chi connectivity index (χ4n) is 1.16. The molecule has 0 aliphatic carbocycles. The quantitative estimate of drug-likeness (QED) is 0.466. The minimum absolute atomic E-state index is 0.0206. The lowest BCUT2D eigenvalue weighted by molar-refractivity contribution is 0.0598. The fourth-order valence-corrected chi connectivity index (χ4v) is 1.43. The summed E-state index contributed by atoms with van der Waals surface area (Å²) < 4.78 is 4.49. The van der Waals surface area contributed by atoms with E-state index in [2.05, 4.69) is 17.4 Å². The number of nitrogens with zero attached hydrogens (tertiary/aromatic N) is 1. The van der Waals surface area contributed by atoms with Crippen molar-refractivity contribution in [1.82, 2.24) is 0 Å². The molecular formula is C10H7NO3S. The minimum Gasteiger partial charge on any atom is -0.465 e. The molecule has 0 atom stereocenters. The van der Waals surface area contributed by atoms with Gasteiger partial charge in [-0.3, -0.25) is 4.79 Å². The first-order chi connectivity index (χ1) is 7.13. The molecular weight excluding hydrogens is 214 g/mol. The Morgan fingerprint density at radius 1 is 1.60 bits per heavy atom. The van der Waals surface area contributed by atoms with Gasteiger partial charge in [0.1, 0.15) is 6.07 Å². The molecule has 0 spiro atoms. The molecule has 76 valence electrons. The molecule has 0 aliphatic heterocycles. The molecule has 0 unspecified atom stereocenters. The van der Waals surface area contributed by atoms with Crippen LogP contribution in [0.25, 0.3) is 0 Å². The average Bonchev–Trinajstić information content (AvgIpc) is 2.26. The van der Waals surface area contributed by atoms with Gasteiger partial charge in [0.2, 0.25) is 0 Å². The van der Waals surface area contributed by atoms with Crippen LogP contribution in [0.3, 0.4) is 0 Å². The van der Waals surface area contributed by atoms with Gasteiger partial charge >= 0.3 is 5.97 Å². The largest absolute Gasteiger partial charge is 0.465 e. The van der Waals surface area contributed by atoms with Crippen molar-refractivity contribution in [3.63, 3.8) is 0 Å². The van der Waals surface area contributed by atoms with Gasteiger partial charge in [-0.1, -0.05) is 0 Å². The normalized spacial score (nSPS) is 9.13. The van der Waals surface area contributed by atoms with Gasteiger partial charge < -0.3 is 4.74 Å². The highest BCUT2D eigenvalue weighted by Crippen LogP contribution is 2.19. The second-order valence-electron chi connectivity index (χ2n) is 2.68. The Balaban J connectivity index is 3.52. The van der Waals surface area contributed by atoms with Crippen LogP contribution in [0, 0.1) is 11.3 Å². The lowest BCUT2D eigenvalue weighted by atomic mass is 10.0. The first-order valence-corrected chi connectivity index (χ1v) is 4.39. The number of nitriles is 1. The minimum atomic E-state index is -0.706. The SMILES string of the molecule is COC(=O)c1c(C#N)cc(S)cc1C=O. The third-order valence-electron chi connectivity index (χ3n) is 1.79. The number of thiol groups is 1. The molecule has 1 aromatic rings. The number of hydrogen-bond donors (Lipinski definition) is 1. The standard InChI is InChI=1S/C10H7NO3S/c1-14-10(13)9-6(4-11)2-8(15)3-7(9)5-12/h2-3,5,15H,1H3. The van der Waals surface area contributed by atoms with Crippen molar-refractivity contribution in [2.75, 3.05) is 7.11 Å². The molecule has 0 bridgehead atoms. The Kier molecular flexibility index (Phi) is 3.47. The van der Waals surface area contributed by atoms with Crippen LogP contribution >= 0.6 is 12.6 Å². The number of benzene rings is 1. The summed E-state index contributed by atoms with van der Waals surface area (Å²) in [6, 6.07) is 4.63. The summed E-state index contributed by atoms with van der Waals surface area (Å²) in [5.74, 6) is -0.706. The highest BCUT2D eigenvalue weighted by molar-refractivity contribution is 7.80. The zero-order valence-corrected chi connectivity index (χ0v) is 8.75. The molecule has 0 amide bonds. The van der Waals surface area contributed by atoms with Crippen molar-refractivity contribution in [2.45, 2.75) is 4.90 Å². The van der Waals surface area contributed by atoms with Crippen molar-refractivity contribution in [2.24, 2.45) is 0 Å². The topological polar surface area (TPSA) is 67.2 Å². The molecule has 0 radical (unpaired) electrons. The van der Waals surface area contributed by atoms with Crippen LogP contribution in [-0.2, 0) is 4.74 Å². The van der Waals surface area contributed by atoms with E-state index < -0.39 is 5.97 Å². The third kappa shape index (κ3) is 2.17. The van der Waals surface area contributed by atoms with E-state index in [0.29, 0.717) is 11.2 Å². The van der Waals surface area contributed by atoms with Gasteiger partial charge in [-0.25, -0.2) is 4.79 Å². The zero-order chi connectivity index (χ0) is 11.4. The fraction of sp³-hybridized carbons (Fsp3) is 0.100. The van der Waals surface area contributed by atoms with E-state index >= 15 is 0 Å². The van der Waals surface area contributed by atoms with Crippen molar-refractivity contribution >= 4 is 24.9 Å². The van der Waals surface area contributed by atoms with Crippen LogP contribution in [0.4, 0.5) is 0 Å². The van der Waals surface area contributed by atoms with Gasteiger partial charge in [-0.15, -0.1) is 12.6 Å². The van der Waals surface area contributed by atoms with Crippen LogP contribution in [0.1, 0.15) is 26.3 Å². The monoisotopic (exact) mass is 221 g/mol. The van der Waals surface area contributed by atoms with Crippen molar-refractivity contribution in [3.05, 3.63) is 28.8 Å². The Morgan fingerprint density at radius 3 is 2.73 bits per heavy atom. The molecule has 1 aromatic carbocycles. The van der Waals surface area contributed by atoms with E-state index in [9.17, 15) is 9.59 Å². The Labute approximate surface area is 91.9 Å². The van der Waals surface area contributed by atoms with Crippen molar-refractivity contribution in [1.29, 1.82) is 5.26 Å². The predicted molar refractivity (Wildman–Crippen MR) is 55.1 cm³/mol. The lowest BCUT2D eigenvalue weighted by Crippen LogP contribution is -2.08. The zero-order valence-electron chi connectivity index (χ0n) is 7.85. The van der Waals surface area contributed by atoms with Gasteiger partial charge in [0.05, 0.1) is 18.2 Å². The maximum atomic E-state index is 11.3. The molecule has 0 saturated heterocycles. The number of ether oxygens (including phenoxy) is 1. The number of aldehydes is 1. The van der Waals surface area contributed by atoms with Crippen molar-refractivity contribution < 1.29 is 14.3 Å². The Morgan fingerprint density at radius 2 is 2.27 bits per heavy atom. The Hall–Kier alpha value is -1.80. The van der Waals surface area contributed by atoms with Gasteiger partial charge in [0.15, 0.2) is 6.29 Å². The molecule has 4 nitrogen and oxygen atoms in total. The summed E-state index contributed by atoms with van der Waals surface area (Å²) >= 11 is 4.01. The molecule has 5 heteroatoms. The highest BCUT2D eigenvalue weighted by Gasteiger charge is 2.17. The summed E-state index contributed by atoms with van der Waals surface area (Å²) in [5, 5.41) is 8.80. The third-order valence-corrected chi connectivity index (χ3v) is 2.05.